The Balaban J connectivity index is 1.64. The van der Waals surface area contributed by atoms with Crippen molar-refractivity contribution in [3.63, 3.8) is 0 Å². The van der Waals surface area contributed by atoms with Crippen molar-refractivity contribution in [2.24, 2.45) is 0 Å². The highest BCUT2D eigenvalue weighted by molar-refractivity contribution is 6.05. The van der Waals surface area contributed by atoms with E-state index in [-0.39, 0.29) is 5.56 Å². The number of rotatable bonds is 2. The van der Waals surface area contributed by atoms with Gasteiger partial charge < -0.3 is 14.5 Å². The van der Waals surface area contributed by atoms with Crippen LogP contribution in [0.25, 0.3) is 11.0 Å². The minimum absolute atomic E-state index is 0.0114. The maximum atomic E-state index is 12.4. The molecule has 1 N–H and O–H groups in total. The second-order valence-corrected chi connectivity index (χ2v) is 5.71. The van der Waals surface area contributed by atoms with Gasteiger partial charge in [0.05, 0.1) is 6.61 Å². The molecule has 0 aliphatic carbocycles. The van der Waals surface area contributed by atoms with Crippen LogP contribution in [0.5, 0.6) is 5.75 Å². The van der Waals surface area contributed by atoms with Crippen molar-refractivity contribution in [3.8, 4) is 5.75 Å². The lowest BCUT2D eigenvalue weighted by atomic mass is 10.1. The molecule has 1 aliphatic rings. The molecule has 2 heterocycles. The van der Waals surface area contributed by atoms with Crippen molar-refractivity contribution in [2.75, 3.05) is 11.9 Å². The summed E-state index contributed by atoms with van der Waals surface area (Å²) in [5.41, 5.74) is 1.50. The van der Waals surface area contributed by atoms with Gasteiger partial charge in [0.15, 0.2) is 0 Å². The van der Waals surface area contributed by atoms with E-state index in [1.807, 2.05) is 18.2 Å². The molecule has 0 radical (unpaired) electrons. The van der Waals surface area contributed by atoms with Crippen molar-refractivity contribution in [1.82, 2.24) is 0 Å². The fourth-order valence-electron chi connectivity index (χ4n) is 2.86. The molecule has 5 nitrogen and oxygen atoms in total. The van der Waals surface area contributed by atoms with Gasteiger partial charge in [-0.15, -0.1) is 0 Å². The van der Waals surface area contributed by atoms with Gasteiger partial charge in [-0.3, -0.25) is 4.79 Å². The number of hydrogen-bond acceptors (Lipinski definition) is 4. The number of benzene rings is 2. The van der Waals surface area contributed by atoms with E-state index in [0.29, 0.717) is 16.7 Å². The minimum Gasteiger partial charge on any atom is -0.493 e. The van der Waals surface area contributed by atoms with Crippen LogP contribution in [0.1, 0.15) is 22.3 Å². The van der Waals surface area contributed by atoms with Crippen molar-refractivity contribution < 1.29 is 13.9 Å². The number of carbonyl (C=O) groups excluding carboxylic acids is 1. The average molecular weight is 321 g/mol. The zero-order valence-corrected chi connectivity index (χ0v) is 12.9. The summed E-state index contributed by atoms with van der Waals surface area (Å²) in [5, 5.41) is 3.47. The van der Waals surface area contributed by atoms with Crippen LogP contribution in [0.15, 0.2) is 57.7 Å². The predicted molar refractivity (Wildman–Crippen MR) is 90.7 cm³/mol. The summed E-state index contributed by atoms with van der Waals surface area (Å²) < 4.78 is 10.8. The lowest BCUT2D eigenvalue weighted by Crippen LogP contribution is -2.21. The molecule has 5 heteroatoms. The van der Waals surface area contributed by atoms with E-state index >= 15 is 0 Å². The highest BCUT2D eigenvalue weighted by atomic mass is 16.5. The van der Waals surface area contributed by atoms with Crippen molar-refractivity contribution in [3.05, 3.63) is 70.1 Å². The number of amides is 1. The van der Waals surface area contributed by atoms with E-state index in [1.165, 1.54) is 0 Å². The zero-order chi connectivity index (χ0) is 16.5. The molecule has 1 amide bonds. The molecule has 4 rings (SSSR count). The third-order valence-corrected chi connectivity index (χ3v) is 4.05. The normalized spacial score (nSPS) is 13.2. The van der Waals surface area contributed by atoms with Gasteiger partial charge in [-0.2, -0.15) is 0 Å². The molecule has 0 saturated carbocycles. The Bertz CT molecular complexity index is 990. The third-order valence-electron chi connectivity index (χ3n) is 4.05. The zero-order valence-electron chi connectivity index (χ0n) is 12.9. The van der Waals surface area contributed by atoms with Crippen molar-refractivity contribution in [1.29, 1.82) is 0 Å². The third kappa shape index (κ3) is 2.65. The molecule has 1 aliphatic heterocycles. The number of fused-ring (bicyclic) bond motifs is 2. The Labute approximate surface area is 137 Å². The van der Waals surface area contributed by atoms with E-state index in [1.54, 1.807) is 30.3 Å². The number of hydrogen-bond donors (Lipinski definition) is 1. The first-order valence-electron chi connectivity index (χ1n) is 7.81. The van der Waals surface area contributed by atoms with Crippen molar-refractivity contribution >= 4 is 22.6 Å². The fraction of sp³-hybridized carbons (Fsp3) is 0.158. The summed E-state index contributed by atoms with van der Waals surface area (Å²) >= 11 is 0. The Kier molecular flexibility index (Phi) is 3.54. The van der Waals surface area contributed by atoms with Crippen LogP contribution in [-0.4, -0.2) is 12.5 Å². The van der Waals surface area contributed by atoms with Gasteiger partial charge in [0, 0.05) is 11.1 Å². The molecular formula is C19H15NO4. The molecule has 3 aromatic rings. The molecule has 120 valence electrons. The van der Waals surface area contributed by atoms with Crippen LogP contribution in [0.3, 0.4) is 0 Å². The Morgan fingerprint density at radius 1 is 1.08 bits per heavy atom. The van der Waals surface area contributed by atoms with Gasteiger partial charge >= 0.3 is 5.63 Å². The van der Waals surface area contributed by atoms with E-state index in [0.717, 1.165) is 30.8 Å². The number of para-hydroxylation sites is 1. The van der Waals surface area contributed by atoms with Gasteiger partial charge in [-0.05, 0) is 48.7 Å². The fourth-order valence-corrected chi connectivity index (χ4v) is 2.86. The molecule has 0 spiro atoms. The van der Waals surface area contributed by atoms with E-state index < -0.39 is 11.5 Å². The molecule has 0 atom stereocenters. The van der Waals surface area contributed by atoms with Crippen LogP contribution < -0.4 is 15.7 Å². The standard InChI is InChI=1S/C19H15NO4/c21-18(15-11-13-4-1-2-6-17(13)24-19(15)22)20-14-7-8-16-12(10-14)5-3-9-23-16/h1-2,4,6-8,10-11H,3,5,9H2,(H,20,21). The molecule has 1 aromatic heterocycles. The van der Waals surface area contributed by atoms with Crippen LogP contribution in [0, 0.1) is 0 Å². The molecule has 2 aromatic carbocycles. The molecule has 0 bridgehead atoms. The van der Waals surface area contributed by atoms with E-state index in [9.17, 15) is 9.59 Å². The summed E-state index contributed by atoms with van der Waals surface area (Å²) in [5.74, 6) is 0.371. The topological polar surface area (TPSA) is 68.5 Å². The predicted octanol–water partition coefficient (Wildman–Crippen LogP) is 3.37. The van der Waals surface area contributed by atoms with Crippen LogP contribution in [-0.2, 0) is 6.42 Å². The minimum atomic E-state index is -0.646. The number of aryl methyl sites for hydroxylation is 1. The van der Waals surface area contributed by atoms with Gasteiger partial charge in [-0.25, -0.2) is 4.79 Å². The number of nitrogens with one attached hydrogen (secondary N) is 1. The van der Waals surface area contributed by atoms with Gasteiger partial charge in [0.1, 0.15) is 16.9 Å². The van der Waals surface area contributed by atoms with Gasteiger partial charge in [0.2, 0.25) is 0 Å². The summed E-state index contributed by atoms with van der Waals surface area (Å²) in [4.78, 5) is 24.5. The van der Waals surface area contributed by atoms with E-state index in [2.05, 4.69) is 5.32 Å². The van der Waals surface area contributed by atoms with Crippen molar-refractivity contribution in [2.45, 2.75) is 12.8 Å². The highest BCUT2D eigenvalue weighted by Crippen LogP contribution is 2.27. The first-order valence-corrected chi connectivity index (χ1v) is 7.81. The number of anilines is 1. The molecule has 0 saturated heterocycles. The maximum Gasteiger partial charge on any atom is 0.349 e. The highest BCUT2D eigenvalue weighted by Gasteiger charge is 2.16. The summed E-state index contributed by atoms with van der Waals surface area (Å²) in [6.45, 7) is 0.719. The lowest BCUT2D eigenvalue weighted by molar-refractivity contribution is 0.102. The molecule has 0 unspecified atom stereocenters. The summed E-state index contributed by atoms with van der Waals surface area (Å²) in [6.07, 6.45) is 1.87. The average Bonchev–Trinajstić information content (AvgIpc) is 2.61. The lowest BCUT2D eigenvalue weighted by Gasteiger charge is -2.18. The second kappa shape index (κ2) is 5.85. The SMILES string of the molecule is O=C(Nc1ccc2c(c1)CCCO2)c1cc2ccccc2oc1=O. The molecule has 24 heavy (non-hydrogen) atoms. The molecule has 0 fully saturated rings. The Hall–Kier alpha value is -3.08. The first kappa shape index (κ1) is 14.5. The molecular weight excluding hydrogens is 306 g/mol. The largest absolute Gasteiger partial charge is 0.493 e. The monoisotopic (exact) mass is 321 g/mol. The maximum absolute atomic E-state index is 12.4. The summed E-state index contributed by atoms with van der Waals surface area (Å²) in [7, 11) is 0. The van der Waals surface area contributed by atoms with Gasteiger partial charge in [0.25, 0.3) is 5.91 Å². The second-order valence-electron chi connectivity index (χ2n) is 5.71. The van der Waals surface area contributed by atoms with Crippen LogP contribution in [0.2, 0.25) is 0 Å². The first-order chi connectivity index (χ1) is 11.7. The van der Waals surface area contributed by atoms with Gasteiger partial charge in [-0.1, -0.05) is 18.2 Å². The quantitative estimate of drug-likeness (QED) is 0.735. The summed E-state index contributed by atoms with van der Waals surface area (Å²) in [6, 6.07) is 14.1. The van der Waals surface area contributed by atoms with E-state index in [4.69, 9.17) is 9.15 Å². The van der Waals surface area contributed by atoms with Crippen LogP contribution >= 0.6 is 0 Å². The smallest absolute Gasteiger partial charge is 0.349 e. The van der Waals surface area contributed by atoms with Crippen LogP contribution in [0.4, 0.5) is 5.69 Å². The number of ether oxygens (including phenoxy) is 1. The number of carbonyl (C=O) groups is 1. The Morgan fingerprint density at radius 2 is 1.96 bits per heavy atom. The Morgan fingerprint density at radius 3 is 2.88 bits per heavy atom.